The summed E-state index contributed by atoms with van der Waals surface area (Å²) in [7, 11) is 1.53. The van der Waals surface area contributed by atoms with Crippen LogP contribution in [0.15, 0.2) is 29.6 Å². The highest BCUT2D eigenvalue weighted by atomic mass is 35.5. The molecule has 0 amide bonds. The Hall–Kier alpha value is -1.99. The number of thioether (sulfide) groups is 1. The number of nitrogens with zero attached hydrogens (tertiary/aromatic N) is 2. The second-order valence-electron chi connectivity index (χ2n) is 4.14. The average Bonchev–Trinajstić information content (AvgIpc) is 2.52. The van der Waals surface area contributed by atoms with Crippen molar-refractivity contribution in [3.05, 3.63) is 40.5 Å². The van der Waals surface area contributed by atoms with Crippen LogP contribution in [0, 0.1) is 0 Å². The second kappa shape index (κ2) is 7.33. The van der Waals surface area contributed by atoms with Crippen molar-refractivity contribution in [3.63, 3.8) is 0 Å². The molecule has 0 aliphatic heterocycles. The number of aromatic nitrogens is 2. The highest BCUT2D eigenvalue weighted by Gasteiger charge is 2.15. The summed E-state index contributed by atoms with van der Waals surface area (Å²) in [5.41, 5.74) is 0.684. The van der Waals surface area contributed by atoms with E-state index in [0.29, 0.717) is 15.9 Å². The van der Waals surface area contributed by atoms with Gasteiger partial charge in [0.2, 0.25) is 5.88 Å². The zero-order valence-corrected chi connectivity index (χ0v) is 13.4. The lowest BCUT2D eigenvalue weighted by Gasteiger charge is -2.10. The number of carbonyl (C=O) groups is 1. The summed E-state index contributed by atoms with van der Waals surface area (Å²) in [4.78, 5) is 19.2. The van der Waals surface area contributed by atoms with E-state index in [1.165, 1.54) is 25.1 Å². The van der Waals surface area contributed by atoms with Crippen LogP contribution < -0.4 is 9.47 Å². The van der Waals surface area contributed by atoms with Gasteiger partial charge in [-0.05, 0) is 24.0 Å². The molecule has 2 rings (SSSR count). The van der Waals surface area contributed by atoms with E-state index in [0.717, 1.165) is 5.56 Å². The first kappa shape index (κ1) is 16.4. The smallest absolute Gasteiger partial charge is 0.342 e. The SMILES string of the molecule is COc1ccc(COc2nc(SC)ncc2C(=O)O)cc1Cl. The van der Waals surface area contributed by atoms with Crippen LogP contribution >= 0.6 is 23.4 Å². The average molecular weight is 341 g/mol. The van der Waals surface area contributed by atoms with E-state index < -0.39 is 5.97 Å². The zero-order valence-electron chi connectivity index (χ0n) is 11.9. The van der Waals surface area contributed by atoms with Crippen LogP contribution in [-0.2, 0) is 6.61 Å². The lowest BCUT2D eigenvalue weighted by molar-refractivity contribution is 0.0689. The normalized spacial score (nSPS) is 10.3. The third kappa shape index (κ3) is 3.80. The van der Waals surface area contributed by atoms with Crippen LogP contribution in [0.4, 0.5) is 0 Å². The van der Waals surface area contributed by atoms with Crippen molar-refractivity contribution < 1.29 is 19.4 Å². The minimum absolute atomic E-state index is 0.0267. The largest absolute Gasteiger partial charge is 0.495 e. The molecule has 1 aromatic heterocycles. The van der Waals surface area contributed by atoms with E-state index in [-0.39, 0.29) is 18.1 Å². The first-order chi connectivity index (χ1) is 10.5. The van der Waals surface area contributed by atoms with E-state index in [4.69, 9.17) is 26.2 Å². The second-order valence-corrected chi connectivity index (χ2v) is 5.32. The van der Waals surface area contributed by atoms with Crippen LogP contribution in [0.1, 0.15) is 15.9 Å². The van der Waals surface area contributed by atoms with E-state index in [9.17, 15) is 4.79 Å². The zero-order chi connectivity index (χ0) is 16.1. The van der Waals surface area contributed by atoms with Crippen LogP contribution in [0.5, 0.6) is 11.6 Å². The maximum atomic E-state index is 11.2. The molecule has 1 N–H and O–H groups in total. The maximum absolute atomic E-state index is 11.2. The van der Waals surface area contributed by atoms with Gasteiger partial charge in [-0.3, -0.25) is 0 Å². The Morgan fingerprint density at radius 3 is 2.82 bits per heavy atom. The van der Waals surface area contributed by atoms with Crippen molar-refractivity contribution >= 4 is 29.3 Å². The molecule has 0 fully saturated rings. The molecule has 116 valence electrons. The number of aromatic carboxylic acids is 1. The first-order valence-corrected chi connectivity index (χ1v) is 7.75. The predicted molar refractivity (Wildman–Crippen MR) is 83.1 cm³/mol. The summed E-state index contributed by atoms with van der Waals surface area (Å²) in [6.45, 7) is 0.134. The Bertz CT molecular complexity index is 697. The van der Waals surface area contributed by atoms with Crippen LogP contribution in [-0.4, -0.2) is 34.4 Å². The molecule has 2 aromatic rings. The van der Waals surface area contributed by atoms with Gasteiger partial charge in [0, 0.05) is 6.20 Å². The Morgan fingerprint density at radius 2 is 2.23 bits per heavy atom. The molecule has 8 heteroatoms. The molecule has 0 atom stereocenters. The fraction of sp³-hybridized carbons (Fsp3) is 0.214. The van der Waals surface area contributed by atoms with Gasteiger partial charge in [0.25, 0.3) is 0 Å². The lowest BCUT2D eigenvalue weighted by atomic mass is 10.2. The van der Waals surface area contributed by atoms with E-state index >= 15 is 0 Å². The molecule has 0 saturated heterocycles. The summed E-state index contributed by atoms with van der Waals surface area (Å²) >= 11 is 7.34. The molecular formula is C14H13ClN2O4S. The van der Waals surface area contributed by atoms with Gasteiger partial charge in [-0.2, -0.15) is 4.98 Å². The standard InChI is InChI=1S/C14H13ClN2O4S/c1-20-11-4-3-8(5-10(11)15)7-21-12-9(13(18)19)6-16-14(17-12)22-2/h3-6H,7H2,1-2H3,(H,18,19). The third-order valence-corrected chi connectivity index (χ3v) is 3.59. The molecule has 0 bridgehead atoms. The maximum Gasteiger partial charge on any atom is 0.342 e. The van der Waals surface area contributed by atoms with Crippen molar-refractivity contribution in [2.45, 2.75) is 11.8 Å². The van der Waals surface area contributed by atoms with Crippen LogP contribution in [0.25, 0.3) is 0 Å². The molecular weight excluding hydrogens is 328 g/mol. The van der Waals surface area contributed by atoms with Crippen molar-refractivity contribution in [3.8, 4) is 11.6 Å². The summed E-state index contributed by atoms with van der Waals surface area (Å²) in [6, 6.07) is 5.19. The monoisotopic (exact) mass is 340 g/mol. The van der Waals surface area contributed by atoms with Gasteiger partial charge in [-0.1, -0.05) is 29.4 Å². The fourth-order valence-corrected chi connectivity index (χ4v) is 2.27. The van der Waals surface area contributed by atoms with Crippen molar-refractivity contribution in [1.29, 1.82) is 0 Å². The first-order valence-electron chi connectivity index (χ1n) is 6.14. The van der Waals surface area contributed by atoms with Crippen molar-refractivity contribution in [2.75, 3.05) is 13.4 Å². The number of carboxylic acid groups (broad SMARTS) is 1. The highest BCUT2D eigenvalue weighted by molar-refractivity contribution is 7.98. The minimum Gasteiger partial charge on any atom is -0.495 e. The van der Waals surface area contributed by atoms with Crippen molar-refractivity contribution in [1.82, 2.24) is 9.97 Å². The number of methoxy groups -OCH3 is 1. The molecule has 0 spiro atoms. The van der Waals surface area contributed by atoms with E-state index in [2.05, 4.69) is 9.97 Å². The molecule has 1 aromatic carbocycles. The van der Waals surface area contributed by atoms with Gasteiger partial charge < -0.3 is 14.6 Å². The lowest BCUT2D eigenvalue weighted by Crippen LogP contribution is -2.07. The summed E-state index contributed by atoms with van der Waals surface area (Å²) in [5.74, 6) is -0.558. The Morgan fingerprint density at radius 1 is 1.45 bits per heavy atom. The number of carboxylic acids is 1. The number of ether oxygens (including phenoxy) is 2. The van der Waals surface area contributed by atoms with Gasteiger partial charge in [0.15, 0.2) is 5.16 Å². The van der Waals surface area contributed by atoms with Crippen LogP contribution in [0.3, 0.4) is 0 Å². The minimum atomic E-state index is -1.14. The highest BCUT2D eigenvalue weighted by Crippen LogP contribution is 2.26. The number of halogens is 1. The van der Waals surface area contributed by atoms with E-state index in [1.807, 2.05) is 0 Å². The van der Waals surface area contributed by atoms with Crippen molar-refractivity contribution in [2.24, 2.45) is 0 Å². The molecule has 0 aliphatic rings. The van der Waals surface area contributed by atoms with Gasteiger partial charge in [-0.15, -0.1) is 0 Å². The van der Waals surface area contributed by atoms with E-state index in [1.54, 1.807) is 24.5 Å². The molecule has 0 radical (unpaired) electrons. The van der Waals surface area contributed by atoms with Gasteiger partial charge in [0.05, 0.1) is 12.1 Å². The van der Waals surface area contributed by atoms with Gasteiger partial charge in [0.1, 0.15) is 17.9 Å². The molecule has 0 saturated carbocycles. The number of hydrogen-bond donors (Lipinski definition) is 1. The quantitative estimate of drug-likeness (QED) is 0.639. The summed E-state index contributed by atoms with van der Waals surface area (Å²) in [6.07, 6.45) is 3.03. The fourth-order valence-electron chi connectivity index (χ4n) is 1.66. The molecule has 1 heterocycles. The number of hydrogen-bond acceptors (Lipinski definition) is 6. The Balaban J connectivity index is 2.20. The summed E-state index contributed by atoms with van der Waals surface area (Å²) in [5, 5.41) is 10.0. The van der Waals surface area contributed by atoms with Gasteiger partial charge >= 0.3 is 5.97 Å². The summed E-state index contributed by atoms with van der Waals surface area (Å²) < 4.78 is 10.6. The molecule has 22 heavy (non-hydrogen) atoms. The molecule has 6 nitrogen and oxygen atoms in total. The Labute approximate surface area is 136 Å². The predicted octanol–water partition coefficient (Wildman–Crippen LogP) is 3.14. The van der Waals surface area contributed by atoms with Crippen LogP contribution in [0.2, 0.25) is 5.02 Å². The molecule has 0 unspecified atom stereocenters. The molecule has 0 aliphatic carbocycles. The number of benzene rings is 1. The topological polar surface area (TPSA) is 81.5 Å². The third-order valence-electron chi connectivity index (χ3n) is 2.74. The van der Waals surface area contributed by atoms with Gasteiger partial charge in [-0.25, -0.2) is 9.78 Å². The number of rotatable bonds is 6. The Kier molecular flexibility index (Phi) is 5.46.